The van der Waals surface area contributed by atoms with E-state index in [9.17, 15) is 5.11 Å². The zero-order valence-corrected chi connectivity index (χ0v) is 19.0. The Labute approximate surface area is 189 Å². The molecule has 0 amide bonds. The predicted octanol–water partition coefficient (Wildman–Crippen LogP) is 3.73. The van der Waals surface area contributed by atoms with E-state index >= 15 is 0 Å². The summed E-state index contributed by atoms with van der Waals surface area (Å²) in [6.07, 6.45) is 2.70. The average molecular weight is 504 g/mol. The van der Waals surface area contributed by atoms with Crippen molar-refractivity contribution in [1.82, 2.24) is 15.6 Å². The number of benzene rings is 2. The highest BCUT2D eigenvalue weighted by Crippen LogP contribution is 2.16. The van der Waals surface area contributed by atoms with Crippen molar-refractivity contribution >= 4 is 40.8 Å². The fourth-order valence-electron chi connectivity index (χ4n) is 3.22. The molecule has 0 aliphatic heterocycles. The Morgan fingerprint density at radius 3 is 2.59 bits per heavy atom. The van der Waals surface area contributed by atoms with Crippen molar-refractivity contribution in [3.63, 3.8) is 0 Å². The molecule has 0 spiro atoms. The molecule has 29 heavy (non-hydrogen) atoms. The van der Waals surface area contributed by atoms with Gasteiger partial charge in [0.2, 0.25) is 0 Å². The lowest BCUT2D eigenvalue weighted by Gasteiger charge is -2.15. The first-order valence-corrected chi connectivity index (χ1v) is 9.82. The monoisotopic (exact) mass is 504 g/mol. The van der Waals surface area contributed by atoms with E-state index in [1.165, 1.54) is 5.56 Å². The van der Waals surface area contributed by atoms with Crippen LogP contribution in [0.15, 0.2) is 71.9 Å². The minimum absolute atomic E-state index is 0. The predicted molar refractivity (Wildman–Crippen MR) is 131 cm³/mol. The Kier molecular flexibility index (Phi) is 9.87. The number of pyridine rings is 1. The zero-order valence-electron chi connectivity index (χ0n) is 16.7. The van der Waals surface area contributed by atoms with Gasteiger partial charge >= 0.3 is 0 Å². The van der Waals surface area contributed by atoms with Gasteiger partial charge in [-0.05, 0) is 30.5 Å². The van der Waals surface area contributed by atoms with E-state index in [-0.39, 0.29) is 36.5 Å². The van der Waals surface area contributed by atoms with E-state index < -0.39 is 0 Å². The quantitative estimate of drug-likeness (QED) is 0.249. The zero-order chi connectivity index (χ0) is 19.6. The third-order valence-corrected chi connectivity index (χ3v) is 4.71. The lowest BCUT2D eigenvalue weighted by Crippen LogP contribution is -2.38. The van der Waals surface area contributed by atoms with Crippen LogP contribution in [-0.2, 0) is 6.42 Å². The summed E-state index contributed by atoms with van der Waals surface area (Å²) >= 11 is 0. The second kappa shape index (κ2) is 12.4. The molecule has 0 aliphatic rings. The van der Waals surface area contributed by atoms with Gasteiger partial charge in [0.15, 0.2) is 5.96 Å². The molecule has 0 bridgehead atoms. The molecule has 0 fully saturated rings. The van der Waals surface area contributed by atoms with Crippen molar-refractivity contribution in [2.75, 3.05) is 26.2 Å². The van der Waals surface area contributed by atoms with Crippen LogP contribution in [-0.4, -0.2) is 42.3 Å². The Morgan fingerprint density at radius 1 is 1.03 bits per heavy atom. The minimum atomic E-state index is -0.000997. The van der Waals surface area contributed by atoms with Crippen LogP contribution in [0.2, 0.25) is 0 Å². The summed E-state index contributed by atoms with van der Waals surface area (Å²) in [6, 6.07) is 20.4. The first-order chi connectivity index (χ1) is 13.8. The SMILES string of the molecule is CCNC(=NCC(CO)c1ccccc1)NCCc1cccc2cccnc12.I. The van der Waals surface area contributed by atoms with Gasteiger partial charge in [0.1, 0.15) is 0 Å². The first-order valence-electron chi connectivity index (χ1n) is 9.82. The number of hydrogen-bond donors (Lipinski definition) is 3. The lowest BCUT2D eigenvalue weighted by atomic mass is 10.0. The standard InChI is InChI=1S/C23H28N4O.HI/c1-2-24-23(27-16-21(17-28)18-8-4-3-5-9-18)26-15-13-20-11-6-10-19-12-7-14-25-22(19)20;/h3-12,14,21,28H,2,13,15-17H2,1H3,(H2,24,26,27);1H. The fraction of sp³-hybridized carbons (Fsp3) is 0.304. The normalized spacial score (nSPS) is 12.3. The molecule has 3 N–H and O–H groups in total. The number of aliphatic hydroxyl groups excluding tert-OH is 1. The lowest BCUT2D eigenvalue weighted by molar-refractivity contribution is 0.268. The van der Waals surface area contributed by atoms with Crippen molar-refractivity contribution in [2.24, 2.45) is 4.99 Å². The van der Waals surface area contributed by atoms with Crippen molar-refractivity contribution in [1.29, 1.82) is 0 Å². The minimum Gasteiger partial charge on any atom is -0.396 e. The van der Waals surface area contributed by atoms with Crippen LogP contribution in [0.1, 0.15) is 24.0 Å². The third-order valence-electron chi connectivity index (χ3n) is 4.71. The summed E-state index contributed by atoms with van der Waals surface area (Å²) < 4.78 is 0. The highest BCUT2D eigenvalue weighted by Gasteiger charge is 2.10. The van der Waals surface area contributed by atoms with Gasteiger partial charge in [-0.1, -0.05) is 54.6 Å². The van der Waals surface area contributed by atoms with E-state index in [1.807, 2.05) is 49.5 Å². The number of hydrogen-bond acceptors (Lipinski definition) is 3. The molecule has 3 aromatic rings. The molecule has 0 saturated heterocycles. The van der Waals surface area contributed by atoms with Crippen LogP contribution in [0.4, 0.5) is 0 Å². The molecule has 5 nitrogen and oxygen atoms in total. The fourth-order valence-corrected chi connectivity index (χ4v) is 3.22. The number of halogens is 1. The molecule has 1 unspecified atom stereocenters. The number of aromatic nitrogens is 1. The summed E-state index contributed by atoms with van der Waals surface area (Å²) in [6.45, 7) is 4.21. The summed E-state index contributed by atoms with van der Waals surface area (Å²) in [5, 5.41) is 17.6. The maximum absolute atomic E-state index is 9.73. The van der Waals surface area contributed by atoms with Gasteiger partial charge in [-0.15, -0.1) is 24.0 Å². The van der Waals surface area contributed by atoms with Gasteiger partial charge in [-0.3, -0.25) is 9.98 Å². The maximum Gasteiger partial charge on any atom is 0.191 e. The summed E-state index contributed by atoms with van der Waals surface area (Å²) in [4.78, 5) is 9.19. The largest absolute Gasteiger partial charge is 0.396 e. The van der Waals surface area contributed by atoms with Gasteiger partial charge in [0.25, 0.3) is 0 Å². The Balaban J connectivity index is 0.00000300. The van der Waals surface area contributed by atoms with Crippen LogP contribution in [0, 0.1) is 0 Å². The molecule has 0 saturated carbocycles. The molecule has 0 radical (unpaired) electrons. The van der Waals surface area contributed by atoms with Crippen molar-refractivity contribution in [3.8, 4) is 0 Å². The Hall–Kier alpha value is -2.19. The number of aliphatic hydroxyl groups is 1. The second-order valence-corrected chi connectivity index (χ2v) is 6.68. The highest BCUT2D eigenvalue weighted by molar-refractivity contribution is 14.0. The second-order valence-electron chi connectivity index (χ2n) is 6.68. The van der Waals surface area contributed by atoms with E-state index in [1.54, 1.807) is 0 Å². The summed E-state index contributed by atoms with van der Waals surface area (Å²) in [5.41, 5.74) is 3.38. The van der Waals surface area contributed by atoms with Crippen LogP contribution in [0.25, 0.3) is 10.9 Å². The van der Waals surface area contributed by atoms with Gasteiger partial charge in [0.05, 0.1) is 18.7 Å². The number of nitrogens with zero attached hydrogens (tertiary/aromatic N) is 2. The molecule has 0 aliphatic carbocycles. The molecular formula is C23H29IN4O. The van der Waals surface area contributed by atoms with Crippen LogP contribution in [0.5, 0.6) is 0 Å². The van der Waals surface area contributed by atoms with Gasteiger partial charge < -0.3 is 15.7 Å². The van der Waals surface area contributed by atoms with Crippen molar-refractivity contribution in [2.45, 2.75) is 19.3 Å². The third kappa shape index (κ3) is 6.68. The first kappa shape index (κ1) is 23.1. The Bertz CT molecular complexity index is 896. The molecule has 1 aromatic heterocycles. The van der Waals surface area contributed by atoms with E-state index in [0.29, 0.717) is 6.54 Å². The number of nitrogens with one attached hydrogen (secondary N) is 2. The molecule has 1 atom stereocenters. The van der Waals surface area contributed by atoms with Crippen LogP contribution < -0.4 is 10.6 Å². The topological polar surface area (TPSA) is 69.5 Å². The van der Waals surface area contributed by atoms with Gasteiger partial charge in [-0.2, -0.15) is 0 Å². The van der Waals surface area contributed by atoms with Gasteiger partial charge in [-0.25, -0.2) is 0 Å². The number of aliphatic imine (C=N–C) groups is 1. The molecular weight excluding hydrogens is 475 g/mol. The molecule has 1 heterocycles. The van der Waals surface area contributed by atoms with Crippen molar-refractivity contribution < 1.29 is 5.11 Å². The average Bonchev–Trinajstić information content (AvgIpc) is 2.75. The van der Waals surface area contributed by atoms with Crippen LogP contribution in [0.3, 0.4) is 0 Å². The number of para-hydroxylation sites is 1. The Morgan fingerprint density at radius 2 is 1.83 bits per heavy atom. The van der Waals surface area contributed by atoms with E-state index in [2.05, 4.69) is 44.9 Å². The van der Waals surface area contributed by atoms with Gasteiger partial charge in [0, 0.05) is 30.6 Å². The molecule has 154 valence electrons. The summed E-state index contributed by atoms with van der Waals surface area (Å²) in [7, 11) is 0. The molecule has 2 aromatic carbocycles. The summed E-state index contributed by atoms with van der Waals surface area (Å²) in [5.74, 6) is 0.768. The van der Waals surface area contributed by atoms with Crippen molar-refractivity contribution in [3.05, 3.63) is 78.0 Å². The number of guanidine groups is 1. The van der Waals surface area contributed by atoms with E-state index in [4.69, 9.17) is 0 Å². The van der Waals surface area contributed by atoms with E-state index in [0.717, 1.165) is 41.9 Å². The number of fused-ring (bicyclic) bond motifs is 1. The highest BCUT2D eigenvalue weighted by atomic mass is 127. The van der Waals surface area contributed by atoms with Crippen LogP contribution >= 0.6 is 24.0 Å². The smallest absolute Gasteiger partial charge is 0.191 e. The molecule has 6 heteroatoms. The number of rotatable bonds is 8. The molecule has 3 rings (SSSR count). The maximum atomic E-state index is 9.73.